The molecule has 0 radical (unpaired) electrons. The smallest absolute Gasteiger partial charge is 0.160 e. The lowest BCUT2D eigenvalue weighted by Gasteiger charge is -2.03. The maximum atomic E-state index is 11.0. The van der Waals surface area contributed by atoms with Gasteiger partial charge in [-0.2, -0.15) is 0 Å². The molecule has 0 saturated carbocycles. The maximum absolute atomic E-state index is 11.0. The molecule has 0 fully saturated rings. The lowest BCUT2D eigenvalue weighted by molar-refractivity contribution is 0.112. The third kappa shape index (κ3) is 1.39. The molecule has 16 heavy (non-hydrogen) atoms. The number of aldehydes is 1. The molecule has 2 nitrogen and oxygen atoms in total. The van der Waals surface area contributed by atoms with Gasteiger partial charge in [0.2, 0.25) is 0 Å². The summed E-state index contributed by atoms with van der Waals surface area (Å²) in [6, 6.07) is 3.94. The predicted octanol–water partition coefficient (Wildman–Crippen LogP) is 3.01. The summed E-state index contributed by atoms with van der Waals surface area (Å²) in [6.07, 6.45) is 1.88. The van der Waals surface area contributed by atoms with Crippen LogP contribution in [0.2, 0.25) is 5.02 Å². The summed E-state index contributed by atoms with van der Waals surface area (Å²) in [5.41, 5.74) is 2.30. The minimum atomic E-state index is 0.765. The average molecular weight is 252 g/mol. The van der Waals surface area contributed by atoms with Gasteiger partial charge < -0.3 is 5.32 Å². The van der Waals surface area contributed by atoms with Crippen molar-refractivity contribution in [1.82, 2.24) is 5.32 Å². The van der Waals surface area contributed by atoms with Gasteiger partial charge in [0.25, 0.3) is 0 Å². The van der Waals surface area contributed by atoms with Crippen LogP contribution in [-0.4, -0.2) is 12.8 Å². The summed E-state index contributed by atoms with van der Waals surface area (Å²) in [5, 5.41) is 5.34. The molecular weight excluding hydrogens is 242 g/mol. The molecule has 0 unspecified atom stereocenters. The van der Waals surface area contributed by atoms with Crippen molar-refractivity contribution in [3.05, 3.63) is 33.2 Å². The zero-order valence-electron chi connectivity index (χ0n) is 8.55. The fourth-order valence-electron chi connectivity index (χ4n) is 2.26. The van der Waals surface area contributed by atoms with Crippen molar-refractivity contribution in [2.45, 2.75) is 13.0 Å². The molecule has 0 amide bonds. The average Bonchev–Trinajstić information content (AvgIpc) is 2.49. The second-order valence-electron chi connectivity index (χ2n) is 3.89. The van der Waals surface area contributed by atoms with E-state index in [0.717, 1.165) is 41.3 Å². The second kappa shape index (κ2) is 3.84. The first-order valence-electron chi connectivity index (χ1n) is 5.20. The molecular formula is C12H10ClNOS. The Morgan fingerprint density at radius 2 is 2.25 bits per heavy atom. The number of thiophene rings is 1. The van der Waals surface area contributed by atoms with E-state index in [4.69, 9.17) is 11.6 Å². The van der Waals surface area contributed by atoms with Gasteiger partial charge in [0.05, 0.1) is 4.88 Å². The van der Waals surface area contributed by atoms with E-state index in [1.54, 1.807) is 11.3 Å². The summed E-state index contributed by atoms with van der Waals surface area (Å²) in [4.78, 5) is 11.9. The molecule has 1 N–H and O–H groups in total. The molecule has 82 valence electrons. The highest BCUT2D eigenvalue weighted by atomic mass is 35.5. The second-order valence-corrected chi connectivity index (χ2v) is 5.38. The number of nitrogens with one attached hydrogen (secondary N) is 1. The summed E-state index contributed by atoms with van der Waals surface area (Å²) in [7, 11) is 0. The van der Waals surface area contributed by atoms with Gasteiger partial charge in [-0.1, -0.05) is 11.6 Å². The molecule has 0 spiro atoms. The molecule has 0 atom stereocenters. The number of carbonyl (C=O) groups excluding carboxylic acids is 1. The van der Waals surface area contributed by atoms with Gasteiger partial charge in [0.15, 0.2) is 6.29 Å². The van der Waals surface area contributed by atoms with Crippen molar-refractivity contribution in [3.63, 3.8) is 0 Å². The van der Waals surface area contributed by atoms with Gasteiger partial charge in [-0.25, -0.2) is 0 Å². The van der Waals surface area contributed by atoms with Crippen LogP contribution in [0.4, 0.5) is 0 Å². The van der Waals surface area contributed by atoms with Crippen LogP contribution in [-0.2, 0) is 13.0 Å². The highest BCUT2D eigenvalue weighted by molar-refractivity contribution is 7.20. The van der Waals surface area contributed by atoms with Crippen LogP contribution in [0.3, 0.4) is 0 Å². The Balaban J connectivity index is 2.44. The first-order chi connectivity index (χ1) is 7.81. The van der Waals surface area contributed by atoms with Crippen molar-refractivity contribution < 1.29 is 4.79 Å². The minimum Gasteiger partial charge on any atom is -0.312 e. The SMILES string of the molecule is O=Cc1sc2ccc(Cl)c3c2c1CNCC3. The zero-order valence-corrected chi connectivity index (χ0v) is 10.1. The van der Waals surface area contributed by atoms with E-state index in [1.807, 2.05) is 12.1 Å². The molecule has 1 aliphatic rings. The number of rotatable bonds is 1. The highest BCUT2D eigenvalue weighted by Gasteiger charge is 2.18. The third-order valence-corrected chi connectivity index (χ3v) is 4.47. The van der Waals surface area contributed by atoms with E-state index in [1.165, 1.54) is 15.6 Å². The standard InChI is InChI=1S/C12H10ClNOS/c13-9-1-2-10-12-7(9)3-4-14-5-8(12)11(6-15)16-10/h1-2,6,14H,3-5H2. The van der Waals surface area contributed by atoms with Crippen LogP contribution in [0.25, 0.3) is 10.1 Å². The molecule has 1 aliphatic heterocycles. The quantitative estimate of drug-likeness (QED) is 0.790. The van der Waals surface area contributed by atoms with Crippen molar-refractivity contribution in [3.8, 4) is 0 Å². The molecule has 0 saturated heterocycles. The van der Waals surface area contributed by atoms with Crippen molar-refractivity contribution in [1.29, 1.82) is 0 Å². The molecule has 1 aromatic carbocycles. The summed E-state index contributed by atoms with van der Waals surface area (Å²) in [6.45, 7) is 1.68. The molecule has 4 heteroatoms. The van der Waals surface area contributed by atoms with Crippen LogP contribution >= 0.6 is 22.9 Å². The van der Waals surface area contributed by atoms with E-state index in [0.29, 0.717) is 0 Å². The van der Waals surface area contributed by atoms with Crippen LogP contribution < -0.4 is 5.32 Å². The number of carbonyl (C=O) groups is 1. The third-order valence-electron chi connectivity index (χ3n) is 3.00. The Hall–Kier alpha value is -0.900. The van der Waals surface area contributed by atoms with Gasteiger partial charge >= 0.3 is 0 Å². The number of hydrogen-bond donors (Lipinski definition) is 1. The molecule has 3 rings (SSSR count). The van der Waals surface area contributed by atoms with Crippen molar-refractivity contribution >= 4 is 39.3 Å². The number of halogens is 1. The maximum Gasteiger partial charge on any atom is 0.160 e. The summed E-state index contributed by atoms with van der Waals surface area (Å²) < 4.78 is 1.17. The Bertz CT molecular complexity index is 576. The summed E-state index contributed by atoms with van der Waals surface area (Å²) in [5.74, 6) is 0. The Morgan fingerprint density at radius 1 is 1.38 bits per heavy atom. The number of hydrogen-bond acceptors (Lipinski definition) is 3. The molecule has 0 bridgehead atoms. The molecule has 1 aromatic heterocycles. The first-order valence-corrected chi connectivity index (χ1v) is 6.39. The Morgan fingerprint density at radius 3 is 3.06 bits per heavy atom. The predicted molar refractivity (Wildman–Crippen MR) is 67.6 cm³/mol. The van der Waals surface area contributed by atoms with Crippen LogP contribution in [0.1, 0.15) is 20.8 Å². The van der Waals surface area contributed by atoms with Gasteiger partial charge in [0, 0.05) is 21.7 Å². The van der Waals surface area contributed by atoms with Gasteiger partial charge in [-0.3, -0.25) is 4.79 Å². The zero-order chi connectivity index (χ0) is 11.1. The van der Waals surface area contributed by atoms with Crippen LogP contribution in [0, 0.1) is 0 Å². The first kappa shape index (κ1) is 10.3. The molecule has 0 aliphatic carbocycles. The van der Waals surface area contributed by atoms with E-state index >= 15 is 0 Å². The molecule has 2 aromatic rings. The van der Waals surface area contributed by atoms with Gasteiger partial charge in [-0.15, -0.1) is 11.3 Å². The number of benzene rings is 1. The lowest BCUT2D eigenvalue weighted by Crippen LogP contribution is -2.14. The Labute approximate surface area is 102 Å². The fourth-order valence-corrected chi connectivity index (χ4v) is 3.58. The van der Waals surface area contributed by atoms with E-state index in [9.17, 15) is 4.79 Å². The highest BCUT2D eigenvalue weighted by Crippen LogP contribution is 2.37. The van der Waals surface area contributed by atoms with E-state index < -0.39 is 0 Å². The topological polar surface area (TPSA) is 29.1 Å². The molecule has 2 heterocycles. The van der Waals surface area contributed by atoms with Crippen LogP contribution in [0.15, 0.2) is 12.1 Å². The minimum absolute atomic E-state index is 0.765. The lowest BCUT2D eigenvalue weighted by atomic mass is 10.0. The Kier molecular flexibility index (Phi) is 2.46. The van der Waals surface area contributed by atoms with Crippen LogP contribution in [0.5, 0.6) is 0 Å². The van der Waals surface area contributed by atoms with Gasteiger partial charge in [-0.05, 0) is 36.2 Å². The van der Waals surface area contributed by atoms with Gasteiger partial charge in [0.1, 0.15) is 0 Å². The monoisotopic (exact) mass is 251 g/mol. The summed E-state index contributed by atoms with van der Waals surface area (Å²) >= 11 is 7.78. The van der Waals surface area contributed by atoms with E-state index in [2.05, 4.69) is 5.32 Å². The van der Waals surface area contributed by atoms with Crippen molar-refractivity contribution in [2.24, 2.45) is 0 Å². The normalized spacial score (nSPS) is 15.1. The van der Waals surface area contributed by atoms with Crippen molar-refractivity contribution in [2.75, 3.05) is 6.54 Å². The largest absolute Gasteiger partial charge is 0.312 e. The van der Waals surface area contributed by atoms with E-state index in [-0.39, 0.29) is 0 Å². The fraction of sp³-hybridized carbons (Fsp3) is 0.250.